The molecule has 2 aliphatic rings. The molecule has 2 aromatic carbocycles. The quantitative estimate of drug-likeness (QED) is 0.879. The number of ether oxygens (including phenoxy) is 2. The third kappa shape index (κ3) is 3.07. The van der Waals surface area contributed by atoms with E-state index in [1.54, 1.807) is 6.07 Å². The summed E-state index contributed by atoms with van der Waals surface area (Å²) in [4.78, 5) is 2.17. The predicted octanol–water partition coefficient (Wildman–Crippen LogP) is 4.32. The van der Waals surface area contributed by atoms with Gasteiger partial charge in [-0.1, -0.05) is 12.1 Å². The maximum atomic E-state index is 12.9. The van der Waals surface area contributed by atoms with E-state index in [1.165, 1.54) is 18.2 Å². The van der Waals surface area contributed by atoms with E-state index in [1.807, 2.05) is 0 Å². The van der Waals surface area contributed by atoms with Crippen LogP contribution in [0.4, 0.5) is 13.2 Å². The summed E-state index contributed by atoms with van der Waals surface area (Å²) in [6.45, 7) is 1.73. The van der Waals surface area contributed by atoms with Crippen molar-refractivity contribution in [3.05, 3.63) is 53.1 Å². The van der Waals surface area contributed by atoms with Gasteiger partial charge in [0.15, 0.2) is 11.5 Å². The summed E-state index contributed by atoms with van der Waals surface area (Å²) < 4.78 is 49.3. The molecule has 4 nitrogen and oxygen atoms in total. The van der Waals surface area contributed by atoms with E-state index in [-0.39, 0.29) is 18.6 Å². The molecule has 0 aromatic heterocycles. The zero-order chi connectivity index (χ0) is 18.3. The van der Waals surface area contributed by atoms with Gasteiger partial charge in [0, 0.05) is 11.6 Å². The number of nitrogens with zero attached hydrogens (tertiary/aromatic N) is 1. The van der Waals surface area contributed by atoms with Crippen LogP contribution in [0.1, 0.15) is 35.6 Å². The lowest BCUT2D eigenvalue weighted by Gasteiger charge is -2.29. The zero-order valence-corrected chi connectivity index (χ0v) is 13.9. The number of halogens is 3. The van der Waals surface area contributed by atoms with Crippen LogP contribution in [0.5, 0.6) is 17.2 Å². The number of hydrogen-bond acceptors (Lipinski definition) is 4. The van der Waals surface area contributed by atoms with Crippen LogP contribution in [0.3, 0.4) is 0 Å². The number of phenolic OH excluding ortho intramolecular Hbond substituents is 1. The summed E-state index contributed by atoms with van der Waals surface area (Å²) >= 11 is 0. The maximum Gasteiger partial charge on any atom is 0.416 e. The molecule has 2 aliphatic heterocycles. The number of aromatic hydroxyl groups is 1. The van der Waals surface area contributed by atoms with Gasteiger partial charge in [0.1, 0.15) is 5.75 Å². The average Bonchev–Trinajstić information content (AvgIpc) is 3.27. The summed E-state index contributed by atoms with van der Waals surface area (Å²) in [5.41, 5.74) is 0.626. The van der Waals surface area contributed by atoms with E-state index in [4.69, 9.17) is 9.47 Å². The fraction of sp³-hybridized carbons (Fsp3) is 0.368. The van der Waals surface area contributed by atoms with Gasteiger partial charge >= 0.3 is 6.18 Å². The molecule has 1 atom stereocenters. The minimum atomic E-state index is -4.37. The lowest BCUT2D eigenvalue weighted by Crippen LogP contribution is -2.26. The highest BCUT2D eigenvalue weighted by atomic mass is 19.4. The number of alkyl halides is 3. The Labute approximate surface area is 148 Å². The van der Waals surface area contributed by atoms with Crippen LogP contribution in [-0.2, 0) is 6.18 Å². The Kier molecular flexibility index (Phi) is 4.19. The van der Waals surface area contributed by atoms with E-state index in [9.17, 15) is 18.3 Å². The highest BCUT2D eigenvalue weighted by Gasteiger charge is 2.32. The normalized spacial score (nSPS) is 18.3. The molecule has 0 radical (unpaired) electrons. The molecule has 0 bridgehead atoms. The Morgan fingerprint density at radius 1 is 0.962 bits per heavy atom. The standard InChI is InChI=1S/C19H18F3NO3/c20-19(21,22)13-5-3-12(4-6-13)18(23-7-1-2-8-23)14-9-16-17(10-15(14)24)26-11-25-16/h3-6,9-10,18,24H,1-2,7-8,11H2/t18-/m1/s1. The van der Waals surface area contributed by atoms with Crippen LogP contribution in [0.15, 0.2) is 36.4 Å². The lowest BCUT2D eigenvalue weighted by atomic mass is 9.95. The fourth-order valence-corrected chi connectivity index (χ4v) is 3.61. The van der Waals surface area contributed by atoms with E-state index >= 15 is 0 Å². The zero-order valence-electron chi connectivity index (χ0n) is 13.9. The highest BCUT2D eigenvalue weighted by Crippen LogP contribution is 2.44. The van der Waals surface area contributed by atoms with Crippen LogP contribution in [0, 0.1) is 0 Å². The molecular formula is C19H18F3NO3. The maximum absolute atomic E-state index is 12.9. The van der Waals surface area contributed by atoms with Gasteiger partial charge in [-0.15, -0.1) is 0 Å². The number of benzene rings is 2. The van der Waals surface area contributed by atoms with Crippen molar-refractivity contribution in [3.8, 4) is 17.2 Å². The van der Waals surface area contributed by atoms with Gasteiger partial charge in [-0.2, -0.15) is 13.2 Å². The molecule has 1 N–H and O–H groups in total. The Morgan fingerprint density at radius 3 is 2.19 bits per heavy atom. The molecule has 0 saturated carbocycles. The molecule has 2 aromatic rings. The fourth-order valence-electron chi connectivity index (χ4n) is 3.61. The number of rotatable bonds is 3. The Hall–Kier alpha value is -2.41. The van der Waals surface area contributed by atoms with Gasteiger partial charge in [-0.25, -0.2) is 0 Å². The molecule has 1 fully saturated rings. The third-order valence-corrected chi connectivity index (χ3v) is 4.88. The smallest absolute Gasteiger partial charge is 0.416 e. The van der Waals surface area contributed by atoms with Gasteiger partial charge in [0.2, 0.25) is 6.79 Å². The molecule has 26 heavy (non-hydrogen) atoms. The van der Waals surface area contributed by atoms with Crippen LogP contribution >= 0.6 is 0 Å². The number of hydrogen-bond donors (Lipinski definition) is 1. The van der Waals surface area contributed by atoms with E-state index in [2.05, 4.69) is 4.90 Å². The molecule has 0 spiro atoms. The van der Waals surface area contributed by atoms with Crippen molar-refractivity contribution < 1.29 is 27.8 Å². The summed E-state index contributed by atoms with van der Waals surface area (Å²) in [7, 11) is 0. The van der Waals surface area contributed by atoms with E-state index < -0.39 is 11.7 Å². The van der Waals surface area contributed by atoms with Crippen molar-refractivity contribution in [1.82, 2.24) is 4.90 Å². The third-order valence-electron chi connectivity index (χ3n) is 4.88. The first-order valence-electron chi connectivity index (χ1n) is 8.47. The largest absolute Gasteiger partial charge is 0.507 e. The van der Waals surface area contributed by atoms with Crippen molar-refractivity contribution in [3.63, 3.8) is 0 Å². The second-order valence-electron chi connectivity index (χ2n) is 6.53. The van der Waals surface area contributed by atoms with Crippen molar-refractivity contribution in [2.75, 3.05) is 19.9 Å². The lowest BCUT2D eigenvalue weighted by molar-refractivity contribution is -0.137. The van der Waals surface area contributed by atoms with Crippen molar-refractivity contribution in [1.29, 1.82) is 0 Å². The average molecular weight is 365 g/mol. The van der Waals surface area contributed by atoms with Crippen LogP contribution < -0.4 is 9.47 Å². The van der Waals surface area contributed by atoms with E-state index in [0.717, 1.165) is 38.1 Å². The molecule has 4 rings (SSSR count). The molecule has 1 saturated heterocycles. The van der Waals surface area contributed by atoms with Crippen LogP contribution in [0.2, 0.25) is 0 Å². The Bertz CT molecular complexity index is 799. The molecule has 0 aliphatic carbocycles. The van der Waals surface area contributed by atoms with E-state index in [0.29, 0.717) is 22.6 Å². The molecule has 0 unspecified atom stereocenters. The topological polar surface area (TPSA) is 41.9 Å². The van der Waals surface area contributed by atoms with Crippen molar-refractivity contribution >= 4 is 0 Å². The monoisotopic (exact) mass is 365 g/mol. The first-order chi connectivity index (χ1) is 12.4. The van der Waals surface area contributed by atoms with Gasteiger partial charge < -0.3 is 14.6 Å². The van der Waals surface area contributed by atoms with Crippen LogP contribution in [0.25, 0.3) is 0 Å². The number of likely N-dealkylation sites (tertiary alicyclic amines) is 1. The molecular weight excluding hydrogens is 347 g/mol. The first-order valence-corrected chi connectivity index (χ1v) is 8.47. The van der Waals surface area contributed by atoms with Crippen molar-refractivity contribution in [2.45, 2.75) is 25.1 Å². The van der Waals surface area contributed by atoms with Gasteiger partial charge in [-0.3, -0.25) is 4.90 Å². The summed E-state index contributed by atoms with van der Waals surface area (Å²) in [5.74, 6) is 1.05. The summed E-state index contributed by atoms with van der Waals surface area (Å²) in [6, 6.07) is 8.02. The van der Waals surface area contributed by atoms with Gasteiger partial charge in [0.05, 0.1) is 11.6 Å². The minimum absolute atomic E-state index is 0.0473. The molecule has 7 heteroatoms. The summed E-state index contributed by atoms with van der Waals surface area (Å²) in [6.07, 6.45) is -2.34. The second-order valence-corrected chi connectivity index (χ2v) is 6.53. The minimum Gasteiger partial charge on any atom is -0.507 e. The Morgan fingerprint density at radius 2 is 1.58 bits per heavy atom. The number of fused-ring (bicyclic) bond motifs is 1. The Balaban J connectivity index is 1.76. The molecule has 138 valence electrons. The van der Waals surface area contributed by atoms with Crippen LogP contribution in [-0.4, -0.2) is 29.9 Å². The second kappa shape index (κ2) is 6.39. The highest BCUT2D eigenvalue weighted by molar-refractivity contribution is 5.54. The predicted molar refractivity (Wildman–Crippen MR) is 88.3 cm³/mol. The number of phenols is 1. The van der Waals surface area contributed by atoms with Crippen molar-refractivity contribution in [2.24, 2.45) is 0 Å². The molecule has 0 amide bonds. The summed E-state index contributed by atoms with van der Waals surface area (Å²) in [5, 5.41) is 10.5. The van der Waals surface area contributed by atoms with Gasteiger partial charge in [-0.05, 0) is 49.7 Å². The first kappa shape index (κ1) is 17.0. The van der Waals surface area contributed by atoms with Gasteiger partial charge in [0.25, 0.3) is 0 Å². The molecule has 2 heterocycles. The SMILES string of the molecule is Oc1cc2c(cc1[C@@H](c1ccc(C(F)(F)F)cc1)N1CCCC1)OCO2.